The molecule has 1 N–H and O–H groups in total. The molecule has 0 spiro atoms. The molecule has 6 nitrogen and oxygen atoms in total. The number of hydrogen-bond acceptors (Lipinski definition) is 4. The summed E-state index contributed by atoms with van der Waals surface area (Å²) in [5.41, 5.74) is 1.88. The van der Waals surface area contributed by atoms with Crippen molar-refractivity contribution in [2.75, 3.05) is 36.9 Å². The smallest absolute Gasteiger partial charge is 0.242 e. The van der Waals surface area contributed by atoms with Crippen LogP contribution in [0.1, 0.15) is 26.2 Å². The number of rotatable bonds is 8. The maximum atomic E-state index is 13.0. The largest absolute Gasteiger partial charge is 0.371 e. The number of halogens is 1. The Morgan fingerprint density at radius 1 is 1.17 bits per heavy atom. The third-order valence-corrected chi connectivity index (χ3v) is 7.21. The molecule has 162 valence electrons. The molecule has 1 amide bonds. The van der Waals surface area contributed by atoms with E-state index in [0.29, 0.717) is 12.3 Å². The molecular formula is C22H28FN3O3S. The fourth-order valence-electron chi connectivity index (χ4n) is 3.52. The lowest BCUT2D eigenvalue weighted by atomic mass is 10.2. The average molecular weight is 434 g/mol. The van der Waals surface area contributed by atoms with E-state index in [0.717, 1.165) is 36.6 Å². The van der Waals surface area contributed by atoms with E-state index in [1.165, 1.54) is 29.9 Å². The molecule has 1 fully saturated rings. The molecule has 1 unspecified atom stereocenters. The number of amides is 1. The molecule has 0 aliphatic carbocycles. The first-order valence-electron chi connectivity index (χ1n) is 10.1. The summed E-state index contributed by atoms with van der Waals surface area (Å²) in [6.07, 6.45) is 1.78. The minimum absolute atomic E-state index is 0.0309. The van der Waals surface area contributed by atoms with Gasteiger partial charge < -0.3 is 10.2 Å². The Balaban J connectivity index is 1.46. The van der Waals surface area contributed by atoms with Crippen molar-refractivity contribution in [1.29, 1.82) is 0 Å². The van der Waals surface area contributed by atoms with Crippen LogP contribution in [0.25, 0.3) is 0 Å². The average Bonchev–Trinajstić information content (AvgIpc) is 3.15. The summed E-state index contributed by atoms with van der Waals surface area (Å²) in [6.45, 7) is 4.55. The number of carbonyl (C=O) groups is 1. The fourth-order valence-corrected chi connectivity index (χ4v) is 4.73. The van der Waals surface area contributed by atoms with Crippen LogP contribution in [-0.2, 0) is 14.8 Å². The van der Waals surface area contributed by atoms with Crippen LogP contribution in [0.2, 0.25) is 0 Å². The van der Waals surface area contributed by atoms with Crippen molar-refractivity contribution in [3.8, 4) is 0 Å². The number of nitrogens with zero attached hydrogens (tertiary/aromatic N) is 2. The minimum atomic E-state index is -3.70. The molecule has 1 heterocycles. The third-order valence-electron chi connectivity index (χ3n) is 5.34. The van der Waals surface area contributed by atoms with Crippen LogP contribution in [0.5, 0.6) is 0 Å². The standard InChI is InChI=1S/C22H28FN3O3S/c1-17-13-15-26(16-17)20-9-7-19(8-10-20)24-22(27)4-3-14-25(2)30(28,29)21-11-5-18(23)6-12-21/h5-12,17H,3-4,13-16H2,1-2H3,(H,24,27). The van der Waals surface area contributed by atoms with E-state index in [9.17, 15) is 17.6 Å². The van der Waals surface area contributed by atoms with Gasteiger partial charge in [-0.1, -0.05) is 6.92 Å². The van der Waals surface area contributed by atoms with Gasteiger partial charge in [0.1, 0.15) is 5.82 Å². The SMILES string of the molecule is CC1CCN(c2ccc(NC(=O)CCCN(C)S(=O)(=O)c3ccc(F)cc3)cc2)C1. The van der Waals surface area contributed by atoms with Crippen LogP contribution < -0.4 is 10.2 Å². The second-order valence-electron chi connectivity index (χ2n) is 7.82. The van der Waals surface area contributed by atoms with Gasteiger partial charge in [0.05, 0.1) is 4.90 Å². The Morgan fingerprint density at radius 2 is 1.83 bits per heavy atom. The zero-order chi connectivity index (χ0) is 21.7. The molecule has 3 rings (SSSR count). The summed E-state index contributed by atoms with van der Waals surface area (Å²) < 4.78 is 39.1. The highest BCUT2D eigenvalue weighted by Gasteiger charge is 2.21. The Kier molecular flexibility index (Phi) is 7.10. The zero-order valence-corrected chi connectivity index (χ0v) is 18.2. The summed E-state index contributed by atoms with van der Waals surface area (Å²) in [7, 11) is -2.25. The van der Waals surface area contributed by atoms with Gasteiger partial charge in [-0.2, -0.15) is 0 Å². The molecule has 1 atom stereocenters. The highest BCUT2D eigenvalue weighted by atomic mass is 32.2. The van der Waals surface area contributed by atoms with Crippen molar-refractivity contribution in [1.82, 2.24) is 4.31 Å². The van der Waals surface area contributed by atoms with Crippen LogP contribution >= 0.6 is 0 Å². The van der Waals surface area contributed by atoms with Crippen molar-refractivity contribution in [2.45, 2.75) is 31.1 Å². The van der Waals surface area contributed by atoms with E-state index in [-0.39, 0.29) is 23.8 Å². The molecule has 2 aromatic rings. The quantitative estimate of drug-likeness (QED) is 0.689. The first-order valence-corrected chi connectivity index (χ1v) is 11.6. The number of sulfonamides is 1. The van der Waals surface area contributed by atoms with Crippen molar-refractivity contribution in [3.63, 3.8) is 0 Å². The van der Waals surface area contributed by atoms with Gasteiger partial charge in [-0.05, 0) is 67.3 Å². The van der Waals surface area contributed by atoms with Gasteiger partial charge in [0.25, 0.3) is 0 Å². The Morgan fingerprint density at radius 3 is 2.43 bits per heavy atom. The van der Waals surface area contributed by atoms with Crippen molar-refractivity contribution in [3.05, 3.63) is 54.3 Å². The van der Waals surface area contributed by atoms with Crippen LogP contribution in [0, 0.1) is 11.7 Å². The Hall–Kier alpha value is -2.45. The van der Waals surface area contributed by atoms with Gasteiger partial charge in [-0.15, -0.1) is 0 Å². The zero-order valence-electron chi connectivity index (χ0n) is 17.3. The lowest BCUT2D eigenvalue weighted by Gasteiger charge is -2.18. The van der Waals surface area contributed by atoms with Gasteiger partial charge >= 0.3 is 0 Å². The Bertz CT molecular complexity index is 962. The van der Waals surface area contributed by atoms with Gasteiger partial charge in [0.15, 0.2) is 0 Å². The number of hydrogen-bond donors (Lipinski definition) is 1. The predicted octanol–water partition coefficient (Wildman–Crippen LogP) is 3.71. The van der Waals surface area contributed by atoms with Crippen molar-refractivity contribution < 1.29 is 17.6 Å². The van der Waals surface area contributed by atoms with Crippen LogP contribution in [0.3, 0.4) is 0 Å². The predicted molar refractivity (Wildman–Crippen MR) is 117 cm³/mol. The van der Waals surface area contributed by atoms with Crippen LogP contribution in [-0.4, -0.2) is 45.3 Å². The van der Waals surface area contributed by atoms with Crippen molar-refractivity contribution in [2.24, 2.45) is 5.92 Å². The lowest BCUT2D eigenvalue weighted by molar-refractivity contribution is -0.116. The van der Waals surface area contributed by atoms with Gasteiger partial charge in [0.2, 0.25) is 15.9 Å². The lowest BCUT2D eigenvalue weighted by Crippen LogP contribution is -2.28. The van der Waals surface area contributed by atoms with Crippen LogP contribution in [0.4, 0.5) is 15.8 Å². The van der Waals surface area contributed by atoms with E-state index in [4.69, 9.17) is 0 Å². The van der Waals surface area contributed by atoms with E-state index >= 15 is 0 Å². The molecule has 1 saturated heterocycles. The molecular weight excluding hydrogens is 405 g/mol. The maximum Gasteiger partial charge on any atom is 0.242 e. The second kappa shape index (κ2) is 9.57. The van der Waals surface area contributed by atoms with E-state index in [2.05, 4.69) is 17.1 Å². The molecule has 0 radical (unpaired) electrons. The summed E-state index contributed by atoms with van der Waals surface area (Å²) in [5, 5.41) is 2.85. The summed E-state index contributed by atoms with van der Waals surface area (Å²) in [4.78, 5) is 14.6. The topological polar surface area (TPSA) is 69.7 Å². The maximum absolute atomic E-state index is 13.0. The number of anilines is 2. The number of nitrogens with one attached hydrogen (secondary N) is 1. The molecule has 1 aliphatic rings. The second-order valence-corrected chi connectivity index (χ2v) is 9.86. The van der Waals surface area contributed by atoms with E-state index in [1.54, 1.807) is 0 Å². The number of benzene rings is 2. The van der Waals surface area contributed by atoms with Gasteiger partial charge in [-0.3, -0.25) is 4.79 Å². The summed E-state index contributed by atoms with van der Waals surface area (Å²) in [5.74, 6) is 0.0517. The van der Waals surface area contributed by atoms with Crippen molar-refractivity contribution >= 4 is 27.3 Å². The molecule has 8 heteroatoms. The molecule has 2 aromatic carbocycles. The third kappa shape index (κ3) is 5.58. The van der Waals surface area contributed by atoms with Gasteiger partial charge in [0, 0.05) is 44.5 Å². The van der Waals surface area contributed by atoms with Crippen LogP contribution in [0.15, 0.2) is 53.4 Å². The number of carbonyl (C=O) groups excluding carboxylic acids is 1. The highest BCUT2D eigenvalue weighted by molar-refractivity contribution is 7.89. The monoisotopic (exact) mass is 433 g/mol. The van der Waals surface area contributed by atoms with E-state index < -0.39 is 15.8 Å². The molecule has 1 aliphatic heterocycles. The Labute approximate surface area is 177 Å². The first-order chi connectivity index (χ1) is 14.3. The normalized spacial score (nSPS) is 16.8. The van der Waals surface area contributed by atoms with Gasteiger partial charge in [-0.25, -0.2) is 17.1 Å². The minimum Gasteiger partial charge on any atom is -0.371 e. The summed E-state index contributed by atoms with van der Waals surface area (Å²) in [6, 6.07) is 12.5. The van der Waals surface area contributed by atoms with E-state index in [1.807, 2.05) is 24.3 Å². The molecule has 0 aromatic heterocycles. The molecule has 0 saturated carbocycles. The first kappa shape index (κ1) is 22.2. The highest BCUT2D eigenvalue weighted by Crippen LogP contribution is 2.25. The fraction of sp³-hybridized carbons (Fsp3) is 0.409. The molecule has 30 heavy (non-hydrogen) atoms. The summed E-state index contributed by atoms with van der Waals surface area (Å²) >= 11 is 0. The molecule has 0 bridgehead atoms.